The Hall–Kier alpha value is -2.16. The Balaban J connectivity index is 2.45. The third-order valence-electron chi connectivity index (χ3n) is 2.28. The van der Waals surface area contributed by atoms with E-state index in [0.29, 0.717) is 5.57 Å². The first-order chi connectivity index (χ1) is 7.68. The highest BCUT2D eigenvalue weighted by Crippen LogP contribution is 2.21. The van der Waals surface area contributed by atoms with E-state index in [9.17, 15) is 4.79 Å². The van der Waals surface area contributed by atoms with E-state index in [1.807, 2.05) is 30.3 Å². The number of amides is 1. The minimum absolute atomic E-state index is 0.170. The fraction of sp³-hybridized carbons (Fsp3) is 0.0769. The van der Waals surface area contributed by atoms with Gasteiger partial charge in [0.05, 0.1) is 11.2 Å². The van der Waals surface area contributed by atoms with Crippen molar-refractivity contribution in [1.29, 1.82) is 0 Å². The topological polar surface area (TPSA) is 42.0 Å². The van der Waals surface area contributed by atoms with Gasteiger partial charge < -0.3 is 5.32 Å². The second-order valence-electron chi connectivity index (χ2n) is 3.61. The van der Waals surface area contributed by atoms with Crippen molar-refractivity contribution < 1.29 is 4.79 Å². The second-order valence-corrected chi connectivity index (χ2v) is 3.61. The van der Waals surface area contributed by atoms with Gasteiger partial charge in [-0.2, -0.15) is 0 Å². The van der Waals surface area contributed by atoms with Crippen LogP contribution in [0.1, 0.15) is 6.92 Å². The zero-order valence-electron chi connectivity index (χ0n) is 9.03. The summed E-state index contributed by atoms with van der Waals surface area (Å²) in [4.78, 5) is 15.7. The Morgan fingerprint density at radius 1 is 1.31 bits per heavy atom. The van der Waals surface area contributed by atoms with Crippen LogP contribution in [0.5, 0.6) is 0 Å². The van der Waals surface area contributed by atoms with E-state index in [2.05, 4.69) is 16.9 Å². The Morgan fingerprint density at radius 3 is 2.88 bits per heavy atom. The zero-order chi connectivity index (χ0) is 11.5. The molecular formula is C13H12N2O. The molecule has 16 heavy (non-hydrogen) atoms. The van der Waals surface area contributed by atoms with Crippen molar-refractivity contribution >= 4 is 22.5 Å². The van der Waals surface area contributed by atoms with Crippen LogP contribution in [-0.2, 0) is 4.79 Å². The minimum Gasteiger partial charge on any atom is -0.322 e. The van der Waals surface area contributed by atoms with Gasteiger partial charge >= 0.3 is 0 Å². The van der Waals surface area contributed by atoms with Gasteiger partial charge in [0.2, 0.25) is 0 Å². The van der Waals surface area contributed by atoms with Crippen LogP contribution in [0.15, 0.2) is 48.7 Å². The summed E-state index contributed by atoms with van der Waals surface area (Å²) < 4.78 is 0. The van der Waals surface area contributed by atoms with Crippen LogP contribution in [0.3, 0.4) is 0 Å². The molecule has 0 unspecified atom stereocenters. The number of nitrogens with zero attached hydrogens (tertiary/aromatic N) is 1. The van der Waals surface area contributed by atoms with E-state index < -0.39 is 0 Å². The van der Waals surface area contributed by atoms with E-state index in [4.69, 9.17) is 0 Å². The van der Waals surface area contributed by atoms with Crippen LogP contribution >= 0.6 is 0 Å². The van der Waals surface area contributed by atoms with E-state index in [1.54, 1.807) is 13.1 Å². The number of carbonyl (C=O) groups is 1. The lowest BCUT2D eigenvalue weighted by Gasteiger charge is -2.07. The molecule has 0 fully saturated rings. The summed E-state index contributed by atoms with van der Waals surface area (Å²) >= 11 is 0. The first-order valence-corrected chi connectivity index (χ1v) is 4.99. The van der Waals surface area contributed by atoms with Gasteiger partial charge in [-0.15, -0.1) is 0 Å². The molecule has 1 aromatic carbocycles. The van der Waals surface area contributed by atoms with Gasteiger partial charge in [0.15, 0.2) is 0 Å². The normalized spacial score (nSPS) is 10.1. The maximum absolute atomic E-state index is 11.5. The Bertz CT molecular complexity index is 555. The third kappa shape index (κ3) is 1.93. The molecule has 0 aliphatic carbocycles. The van der Waals surface area contributed by atoms with Gasteiger partial charge in [-0.05, 0) is 31.2 Å². The number of fused-ring (bicyclic) bond motifs is 1. The molecule has 3 nitrogen and oxygen atoms in total. The van der Waals surface area contributed by atoms with Crippen molar-refractivity contribution in [2.24, 2.45) is 0 Å². The van der Waals surface area contributed by atoms with Gasteiger partial charge in [0, 0.05) is 17.2 Å². The molecule has 2 rings (SSSR count). The lowest BCUT2D eigenvalue weighted by atomic mass is 10.1. The largest absolute Gasteiger partial charge is 0.322 e. The summed E-state index contributed by atoms with van der Waals surface area (Å²) in [6.07, 6.45) is 1.73. The lowest BCUT2D eigenvalue weighted by molar-refractivity contribution is -0.112. The molecule has 3 heteroatoms. The highest BCUT2D eigenvalue weighted by molar-refractivity contribution is 6.07. The van der Waals surface area contributed by atoms with Gasteiger partial charge in [0.1, 0.15) is 0 Å². The molecule has 0 aliphatic rings. The van der Waals surface area contributed by atoms with Crippen LogP contribution in [0.2, 0.25) is 0 Å². The van der Waals surface area contributed by atoms with Crippen LogP contribution < -0.4 is 5.32 Å². The van der Waals surface area contributed by atoms with Gasteiger partial charge in [-0.1, -0.05) is 12.6 Å². The monoisotopic (exact) mass is 212 g/mol. The molecule has 0 saturated heterocycles. The number of hydrogen-bond donors (Lipinski definition) is 1. The number of hydrogen-bond acceptors (Lipinski definition) is 2. The van der Waals surface area contributed by atoms with E-state index in [0.717, 1.165) is 16.6 Å². The van der Waals surface area contributed by atoms with E-state index in [1.165, 1.54) is 0 Å². The van der Waals surface area contributed by atoms with Gasteiger partial charge in [-0.25, -0.2) is 0 Å². The summed E-state index contributed by atoms with van der Waals surface area (Å²) in [6.45, 7) is 5.28. The summed E-state index contributed by atoms with van der Waals surface area (Å²) in [5.41, 5.74) is 2.11. The molecule has 0 spiro atoms. The molecule has 1 aromatic heterocycles. The number of rotatable bonds is 2. The van der Waals surface area contributed by atoms with Crippen molar-refractivity contribution in [2.75, 3.05) is 5.32 Å². The van der Waals surface area contributed by atoms with Crippen molar-refractivity contribution in [2.45, 2.75) is 6.92 Å². The van der Waals surface area contributed by atoms with Gasteiger partial charge in [0.25, 0.3) is 5.91 Å². The molecule has 80 valence electrons. The molecule has 0 atom stereocenters. The quantitative estimate of drug-likeness (QED) is 0.778. The lowest BCUT2D eigenvalue weighted by Crippen LogP contribution is -2.12. The molecule has 0 saturated carbocycles. The number of carbonyl (C=O) groups excluding carboxylic acids is 1. The van der Waals surface area contributed by atoms with Crippen LogP contribution in [0.4, 0.5) is 5.69 Å². The fourth-order valence-corrected chi connectivity index (χ4v) is 1.44. The Kier molecular flexibility index (Phi) is 2.68. The average Bonchev–Trinajstić information content (AvgIpc) is 2.29. The number of anilines is 1. The van der Waals surface area contributed by atoms with Crippen LogP contribution in [0, 0.1) is 0 Å². The summed E-state index contributed by atoms with van der Waals surface area (Å²) in [7, 11) is 0. The molecular weight excluding hydrogens is 200 g/mol. The molecule has 1 N–H and O–H groups in total. The van der Waals surface area contributed by atoms with Crippen molar-refractivity contribution in [3.05, 3.63) is 48.7 Å². The number of pyridine rings is 1. The van der Waals surface area contributed by atoms with E-state index in [-0.39, 0.29) is 5.91 Å². The molecule has 0 radical (unpaired) electrons. The Labute approximate surface area is 93.8 Å². The maximum Gasteiger partial charge on any atom is 0.250 e. The average molecular weight is 212 g/mol. The van der Waals surface area contributed by atoms with Crippen LogP contribution in [-0.4, -0.2) is 10.9 Å². The molecule has 1 amide bonds. The summed E-state index contributed by atoms with van der Waals surface area (Å²) in [5.74, 6) is -0.170. The fourth-order valence-electron chi connectivity index (χ4n) is 1.44. The molecule has 2 aromatic rings. The standard InChI is InChI=1S/C13H12N2O/c1-9(2)13(16)15-12-7-3-6-11-10(12)5-4-8-14-11/h3-8H,1H2,2H3,(H,15,16). The molecule has 0 bridgehead atoms. The number of aromatic nitrogens is 1. The van der Waals surface area contributed by atoms with Gasteiger partial charge in [-0.3, -0.25) is 9.78 Å². The minimum atomic E-state index is -0.170. The number of benzene rings is 1. The zero-order valence-corrected chi connectivity index (χ0v) is 9.03. The van der Waals surface area contributed by atoms with Crippen molar-refractivity contribution in [3.63, 3.8) is 0 Å². The number of nitrogens with one attached hydrogen (secondary N) is 1. The Morgan fingerprint density at radius 2 is 2.12 bits per heavy atom. The predicted octanol–water partition coefficient (Wildman–Crippen LogP) is 2.75. The smallest absolute Gasteiger partial charge is 0.250 e. The highest BCUT2D eigenvalue weighted by Gasteiger charge is 2.05. The first-order valence-electron chi connectivity index (χ1n) is 4.99. The van der Waals surface area contributed by atoms with Crippen molar-refractivity contribution in [1.82, 2.24) is 4.98 Å². The van der Waals surface area contributed by atoms with Crippen molar-refractivity contribution in [3.8, 4) is 0 Å². The maximum atomic E-state index is 11.5. The summed E-state index contributed by atoms with van der Waals surface area (Å²) in [6, 6.07) is 9.40. The molecule has 1 heterocycles. The summed E-state index contributed by atoms with van der Waals surface area (Å²) in [5, 5.41) is 3.74. The van der Waals surface area contributed by atoms with E-state index >= 15 is 0 Å². The second kappa shape index (κ2) is 4.14. The third-order valence-corrected chi connectivity index (χ3v) is 2.28. The first kappa shape index (κ1) is 10.4. The SMILES string of the molecule is C=C(C)C(=O)Nc1cccc2ncccc12. The molecule has 0 aliphatic heterocycles. The highest BCUT2D eigenvalue weighted by atomic mass is 16.1. The van der Waals surface area contributed by atoms with Crippen LogP contribution in [0.25, 0.3) is 10.9 Å². The predicted molar refractivity (Wildman–Crippen MR) is 65.2 cm³/mol.